The van der Waals surface area contributed by atoms with Crippen molar-refractivity contribution in [3.8, 4) is 0 Å². The summed E-state index contributed by atoms with van der Waals surface area (Å²) in [5.41, 5.74) is 5.62. The zero-order chi connectivity index (χ0) is 14.3. The molecule has 1 fully saturated rings. The summed E-state index contributed by atoms with van der Waals surface area (Å²) in [6, 6.07) is 0.275. The lowest BCUT2D eigenvalue weighted by Crippen LogP contribution is -2.49. The van der Waals surface area contributed by atoms with E-state index in [4.69, 9.17) is 5.73 Å². The third kappa shape index (κ3) is 5.13. The number of hydrogen-bond acceptors (Lipinski definition) is 2. The fourth-order valence-electron chi connectivity index (χ4n) is 3.03. The van der Waals surface area contributed by atoms with E-state index in [0.29, 0.717) is 6.54 Å². The normalized spacial score (nSPS) is 20.3. The Labute approximate surface area is 118 Å². The van der Waals surface area contributed by atoms with Crippen LogP contribution in [-0.2, 0) is 4.79 Å². The second kappa shape index (κ2) is 7.88. The zero-order valence-electron chi connectivity index (χ0n) is 13.0. The van der Waals surface area contributed by atoms with Crippen molar-refractivity contribution in [2.45, 2.75) is 78.2 Å². The average Bonchev–Trinajstić information content (AvgIpc) is 2.39. The van der Waals surface area contributed by atoms with Gasteiger partial charge in [-0.05, 0) is 32.1 Å². The third-order valence-corrected chi connectivity index (χ3v) is 4.48. The minimum atomic E-state index is -0.273. The minimum absolute atomic E-state index is 0.201. The molecule has 1 saturated carbocycles. The molecule has 1 unspecified atom stereocenters. The van der Waals surface area contributed by atoms with E-state index in [2.05, 4.69) is 26.1 Å². The molecular weight excluding hydrogens is 236 g/mol. The Balaban J connectivity index is 2.39. The molecule has 19 heavy (non-hydrogen) atoms. The van der Waals surface area contributed by atoms with Crippen molar-refractivity contribution in [1.82, 2.24) is 5.32 Å². The van der Waals surface area contributed by atoms with Crippen LogP contribution < -0.4 is 11.1 Å². The highest BCUT2D eigenvalue weighted by Crippen LogP contribution is 2.35. The number of hydrogen-bond donors (Lipinski definition) is 2. The SMILES string of the molecule is CC(C)CCCC(C)NC(=O)C1(CN)CCCCC1. The van der Waals surface area contributed by atoms with Crippen LogP contribution in [0.15, 0.2) is 0 Å². The van der Waals surface area contributed by atoms with Gasteiger partial charge < -0.3 is 11.1 Å². The largest absolute Gasteiger partial charge is 0.353 e. The molecular formula is C16H32N2O. The van der Waals surface area contributed by atoms with Gasteiger partial charge in [-0.15, -0.1) is 0 Å². The van der Waals surface area contributed by atoms with E-state index in [1.54, 1.807) is 0 Å². The standard InChI is InChI=1S/C16H32N2O/c1-13(2)8-7-9-14(3)18-15(19)16(12-17)10-5-4-6-11-16/h13-14H,4-12,17H2,1-3H3,(H,18,19). The molecule has 0 aromatic carbocycles. The van der Waals surface area contributed by atoms with Gasteiger partial charge in [-0.25, -0.2) is 0 Å². The lowest BCUT2D eigenvalue weighted by molar-refractivity contribution is -0.133. The van der Waals surface area contributed by atoms with E-state index >= 15 is 0 Å². The van der Waals surface area contributed by atoms with Crippen LogP contribution in [0.1, 0.15) is 72.1 Å². The van der Waals surface area contributed by atoms with E-state index in [-0.39, 0.29) is 17.4 Å². The molecule has 3 nitrogen and oxygen atoms in total. The van der Waals surface area contributed by atoms with Gasteiger partial charge in [0.1, 0.15) is 0 Å². The van der Waals surface area contributed by atoms with Gasteiger partial charge in [-0.2, -0.15) is 0 Å². The Morgan fingerprint density at radius 1 is 1.16 bits per heavy atom. The molecule has 0 radical (unpaired) electrons. The van der Waals surface area contributed by atoms with Crippen LogP contribution in [0.3, 0.4) is 0 Å². The van der Waals surface area contributed by atoms with Crippen LogP contribution in [0.5, 0.6) is 0 Å². The summed E-state index contributed by atoms with van der Waals surface area (Å²) in [6.45, 7) is 7.10. The molecule has 1 rings (SSSR count). The fourth-order valence-corrected chi connectivity index (χ4v) is 3.03. The second-order valence-corrected chi connectivity index (χ2v) is 6.74. The van der Waals surface area contributed by atoms with E-state index in [0.717, 1.165) is 38.0 Å². The Bertz CT molecular complexity index is 270. The quantitative estimate of drug-likeness (QED) is 0.745. The summed E-state index contributed by atoms with van der Waals surface area (Å²) in [4.78, 5) is 12.5. The van der Waals surface area contributed by atoms with Crippen molar-refractivity contribution in [3.63, 3.8) is 0 Å². The van der Waals surface area contributed by atoms with Crippen molar-refractivity contribution >= 4 is 5.91 Å². The van der Waals surface area contributed by atoms with E-state index in [9.17, 15) is 4.79 Å². The van der Waals surface area contributed by atoms with E-state index < -0.39 is 0 Å². The smallest absolute Gasteiger partial charge is 0.227 e. The number of rotatable bonds is 7. The number of carbonyl (C=O) groups is 1. The lowest BCUT2D eigenvalue weighted by atomic mass is 9.73. The predicted octanol–water partition coefficient (Wildman–Crippen LogP) is 3.23. The van der Waals surface area contributed by atoms with Crippen LogP contribution in [0.2, 0.25) is 0 Å². The highest BCUT2D eigenvalue weighted by molar-refractivity contribution is 5.83. The number of nitrogens with two attached hydrogens (primary N) is 1. The van der Waals surface area contributed by atoms with Gasteiger partial charge in [0.25, 0.3) is 0 Å². The monoisotopic (exact) mass is 268 g/mol. The molecule has 3 heteroatoms. The molecule has 0 bridgehead atoms. The molecule has 1 aliphatic rings. The van der Waals surface area contributed by atoms with Crippen molar-refractivity contribution in [1.29, 1.82) is 0 Å². The number of nitrogens with one attached hydrogen (secondary N) is 1. The fraction of sp³-hybridized carbons (Fsp3) is 0.938. The Morgan fingerprint density at radius 2 is 1.79 bits per heavy atom. The highest BCUT2D eigenvalue weighted by atomic mass is 16.2. The first-order chi connectivity index (χ1) is 9.00. The van der Waals surface area contributed by atoms with Crippen LogP contribution in [0, 0.1) is 11.3 Å². The van der Waals surface area contributed by atoms with Gasteiger partial charge in [-0.3, -0.25) is 4.79 Å². The second-order valence-electron chi connectivity index (χ2n) is 6.74. The summed E-state index contributed by atoms with van der Waals surface area (Å²) < 4.78 is 0. The van der Waals surface area contributed by atoms with Gasteiger partial charge in [0.2, 0.25) is 5.91 Å². The van der Waals surface area contributed by atoms with E-state index in [1.807, 2.05) is 0 Å². The third-order valence-electron chi connectivity index (χ3n) is 4.48. The lowest BCUT2D eigenvalue weighted by Gasteiger charge is -2.35. The summed E-state index contributed by atoms with van der Waals surface area (Å²) in [5, 5.41) is 3.20. The molecule has 0 aromatic heterocycles. The maximum Gasteiger partial charge on any atom is 0.227 e. The van der Waals surface area contributed by atoms with Gasteiger partial charge >= 0.3 is 0 Å². The molecule has 1 atom stereocenters. The number of amides is 1. The summed E-state index contributed by atoms with van der Waals surface area (Å²) >= 11 is 0. The summed E-state index contributed by atoms with van der Waals surface area (Å²) in [7, 11) is 0. The molecule has 1 amide bonds. The highest BCUT2D eigenvalue weighted by Gasteiger charge is 2.38. The first-order valence-electron chi connectivity index (χ1n) is 8.01. The molecule has 0 saturated heterocycles. The molecule has 3 N–H and O–H groups in total. The van der Waals surface area contributed by atoms with Crippen molar-refractivity contribution in [2.75, 3.05) is 6.54 Å². The minimum Gasteiger partial charge on any atom is -0.353 e. The summed E-state index contributed by atoms with van der Waals surface area (Å²) in [5.74, 6) is 0.948. The van der Waals surface area contributed by atoms with Crippen LogP contribution in [-0.4, -0.2) is 18.5 Å². The topological polar surface area (TPSA) is 55.1 Å². The average molecular weight is 268 g/mol. The summed E-state index contributed by atoms with van der Waals surface area (Å²) in [6.07, 6.45) is 8.97. The van der Waals surface area contributed by atoms with Gasteiger partial charge in [0, 0.05) is 12.6 Å². The molecule has 0 heterocycles. The first-order valence-corrected chi connectivity index (χ1v) is 8.01. The molecule has 112 valence electrons. The maximum absolute atomic E-state index is 12.5. The molecule has 0 aromatic rings. The predicted molar refractivity (Wildman–Crippen MR) is 80.9 cm³/mol. The molecule has 0 spiro atoms. The van der Waals surface area contributed by atoms with Crippen LogP contribution in [0.25, 0.3) is 0 Å². The van der Waals surface area contributed by atoms with Crippen molar-refractivity contribution < 1.29 is 4.79 Å². The van der Waals surface area contributed by atoms with Gasteiger partial charge in [0.15, 0.2) is 0 Å². The Hall–Kier alpha value is -0.570. The molecule has 0 aliphatic heterocycles. The first kappa shape index (κ1) is 16.5. The molecule has 1 aliphatic carbocycles. The van der Waals surface area contributed by atoms with Crippen LogP contribution >= 0.6 is 0 Å². The van der Waals surface area contributed by atoms with Gasteiger partial charge in [0.05, 0.1) is 5.41 Å². The van der Waals surface area contributed by atoms with Crippen LogP contribution in [0.4, 0.5) is 0 Å². The maximum atomic E-state index is 12.5. The van der Waals surface area contributed by atoms with Gasteiger partial charge in [-0.1, -0.05) is 46.0 Å². The zero-order valence-corrected chi connectivity index (χ0v) is 13.0. The van der Waals surface area contributed by atoms with Crippen molar-refractivity contribution in [3.05, 3.63) is 0 Å². The van der Waals surface area contributed by atoms with Crippen molar-refractivity contribution in [2.24, 2.45) is 17.1 Å². The Kier molecular flexibility index (Phi) is 6.84. The Morgan fingerprint density at radius 3 is 2.32 bits per heavy atom. The number of carbonyl (C=O) groups excluding carboxylic acids is 1. The van der Waals surface area contributed by atoms with E-state index in [1.165, 1.54) is 19.3 Å².